The van der Waals surface area contributed by atoms with Gasteiger partial charge in [-0.2, -0.15) is 0 Å². The first kappa shape index (κ1) is 15.9. The Morgan fingerprint density at radius 3 is 2.61 bits per heavy atom. The number of nitrogens with one attached hydrogen (secondary N) is 1. The number of hydrogen-bond acceptors (Lipinski definition) is 3. The summed E-state index contributed by atoms with van der Waals surface area (Å²) in [4.78, 5) is 0. The lowest BCUT2D eigenvalue weighted by molar-refractivity contribution is 0.0246. The van der Waals surface area contributed by atoms with E-state index in [2.05, 4.69) is 26.1 Å². The van der Waals surface area contributed by atoms with Gasteiger partial charge in [0, 0.05) is 12.6 Å². The smallest absolute Gasteiger partial charge is 0.0668 e. The fourth-order valence-electron chi connectivity index (χ4n) is 2.20. The average molecular weight is 257 g/mol. The van der Waals surface area contributed by atoms with Crippen LogP contribution in [0.4, 0.5) is 0 Å². The summed E-state index contributed by atoms with van der Waals surface area (Å²) in [6, 6.07) is 0.604. The van der Waals surface area contributed by atoms with Crippen LogP contribution in [0.3, 0.4) is 0 Å². The second-order valence-corrected chi connectivity index (χ2v) is 6.07. The maximum atomic E-state index is 9.48. The third kappa shape index (κ3) is 6.17. The first-order valence-electron chi connectivity index (χ1n) is 7.59. The maximum Gasteiger partial charge on any atom is 0.0668 e. The largest absolute Gasteiger partial charge is 0.394 e. The van der Waals surface area contributed by atoms with Gasteiger partial charge in [-0.05, 0) is 32.1 Å². The Morgan fingerprint density at radius 2 is 2.11 bits per heavy atom. The highest BCUT2D eigenvalue weighted by atomic mass is 16.5. The number of unbranched alkanes of at least 4 members (excludes halogenated alkanes) is 1. The van der Waals surface area contributed by atoms with Gasteiger partial charge in [0.05, 0.1) is 18.8 Å². The van der Waals surface area contributed by atoms with Crippen molar-refractivity contribution < 1.29 is 9.84 Å². The molecule has 0 aromatic rings. The molecule has 1 fully saturated rings. The molecule has 1 aliphatic rings. The van der Waals surface area contributed by atoms with Gasteiger partial charge in [-0.3, -0.25) is 0 Å². The molecule has 0 bridgehead atoms. The van der Waals surface area contributed by atoms with E-state index in [0.29, 0.717) is 18.6 Å². The van der Waals surface area contributed by atoms with Crippen molar-refractivity contribution in [1.82, 2.24) is 5.32 Å². The van der Waals surface area contributed by atoms with Crippen LogP contribution in [0.1, 0.15) is 59.3 Å². The van der Waals surface area contributed by atoms with E-state index in [1.165, 1.54) is 38.5 Å². The summed E-state index contributed by atoms with van der Waals surface area (Å²) in [6.45, 7) is 8.11. The second kappa shape index (κ2) is 8.13. The lowest BCUT2D eigenvalue weighted by Gasteiger charge is -2.29. The molecule has 1 saturated carbocycles. The van der Waals surface area contributed by atoms with Crippen LogP contribution < -0.4 is 5.32 Å². The van der Waals surface area contributed by atoms with Crippen molar-refractivity contribution in [2.24, 2.45) is 5.92 Å². The highest BCUT2D eigenvalue weighted by molar-refractivity contribution is 4.92. The molecule has 2 atom stereocenters. The third-order valence-corrected chi connectivity index (χ3v) is 3.80. The van der Waals surface area contributed by atoms with Crippen molar-refractivity contribution in [3.8, 4) is 0 Å². The van der Waals surface area contributed by atoms with E-state index in [0.717, 1.165) is 6.61 Å². The number of ether oxygens (including phenoxy) is 1. The zero-order chi connectivity index (χ0) is 13.4. The summed E-state index contributed by atoms with van der Waals surface area (Å²) in [7, 11) is 0. The Bertz CT molecular complexity index is 219. The minimum Gasteiger partial charge on any atom is -0.394 e. The molecule has 0 spiro atoms. The van der Waals surface area contributed by atoms with Crippen LogP contribution in [-0.4, -0.2) is 36.5 Å². The van der Waals surface area contributed by atoms with Crippen molar-refractivity contribution >= 4 is 0 Å². The minimum atomic E-state index is -0.260. The Kier molecular flexibility index (Phi) is 7.20. The number of aliphatic hydroxyl groups excluding tert-OH is 1. The SMILES string of the molecule is CCCCC(CC)COCC(C)(CO)NC1CC1. The van der Waals surface area contributed by atoms with Gasteiger partial charge in [0.1, 0.15) is 0 Å². The molecule has 0 aromatic carbocycles. The van der Waals surface area contributed by atoms with Crippen LogP contribution in [0.5, 0.6) is 0 Å². The molecule has 1 rings (SSSR count). The molecule has 108 valence electrons. The second-order valence-electron chi connectivity index (χ2n) is 6.07. The van der Waals surface area contributed by atoms with E-state index in [4.69, 9.17) is 4.74 Å². The van der Waals surface area contributed by atoms with Gasteiger partial charge in [0.2, 0.25) is 0 Å². The summed E-state index contributed by atoms with van der Waals surface area (Å²) < 4.78 is 5.85. The quantitative estimate of drug-likeness (QED) is 0.598. The van der Waals surface area contributed by atoms with Crippen molar-refractivity contribution in [2.75, 3.05) is 19.8 Å². The van der Waals surface area contributed by atoms with Crippen LogP contribution >= 0.6 is 0 Å². The van der Waals surface area contributed by atoms with Gasteiger partial charge in [-0.15, -0.1) is 0 Å². The van der Waals surface area contributed by atoms with E-state index < -0.39 is 0 Å². The average Bonchev–Trinajstić information content (AvgIpc) is 3.17. The van der Waals surface area contributed by atoms with Crippen LogP contribution in [0.15, 0.2) is 0 Å². The standard InChI is InChI=1S/C15H31NO2/c1-4-6-7-13(5-2)10-18-12-15(3,11-17)16-14-8-9-14/h13-14,16-17H,4-12H2,1-3H3. The van der Waals surface area contributed by atoms with E-state index in [-0.39, 0.29) is 12.1 Å². The Labute approximate surface area is 112 Å². The van der Waals surface area contributed by atoms with Crippen molar-refractivity contribution in [3.05, 3.63) is 0 Å². The highest BCUT2D eigenvalue weighted by Crippen LogP contribution is 2.23. The molecule has 3 nitrogen and oxygen atoms in total. The number of hydrogen-bond donors (Lipinski definition) is 2. The van der Waals surface area contributed by atoms with Crippen LogP contribution in [-0.2, 0) is 4.74 Å². The van der Waals surface area contributed by atoms with Crippen LogP contribution in [0.25, 0.3) is 0 Å². The lowest BCUT2D eigenvalue weighted by Crippen LogP contribution is -2.50. The fourth-order valence-corrected chi connectivity index (χ4v) is 2.20. The van der Waals surface area contributed by atoms with Gasteiger partial charge >= 0.3 is 0 Å². The van der Waals surface area contributed by atoms with Crippen LogP contribution in [0, 0.1) is 5.92 Å². The number of rotatable bonds is 11. The van der Waals surface area contributed by atoms with Crippen molar-refractivity contribution in [1.29, 1.82) is 0 Å². The normalized spacial score (nSPS) is 20.7. The molecule has 18 heavy (non-hydrogen) atoms. The zero-order valence-electron chi connectivity index (χ0n) is 12.4. The van der Waals surface area contributed by atoms with Gasteiger partial charge in [-0.25, -0.2) is 0 Å². The zero-order valence-corrected chi connectivity index (χ0v) is 12.4. The van der Waals surface area contributed by atoms with E-state index >= 15 is 0 Å². The summed E-state index contributed by atoms with van der Waals surface area (Å²) in [5.74, 6) is 0.675. The molecule has 2 N–H and O–H groups in total. The predicted octanol–water partition coefficient (Wildman–Crippen LogP) is 2.72. The monoisotopic (exact) mass is 257 g/mol. The Balaban J connectivity index is 2.19. The van der Waals surface area contributed by atoms with E-state index in [1.807, 2.05) is 0 Å². The highest BCUT2D eigenvalue weighted by Gasteiger charge is 2.32. The van der Waals surface area contributed by atoms with Crippen LogP contribution in [0.2, 0.25) is 0 Å². The van der Waals surface area contributed by atoms with Gasteiger partial charge in [0.25, 0.3) is 0 Å². The molecule has 0 amide bonds. The Morgan fingerprint density at radius 1 is 1.39 bits per heavy atom. The van der Waals surface area contributed by atoms with Gasteiger partial charge in [0.15, 0.2) is 0 Å². The summed E-state index contributed by atoms with van der Waals surface area (Å²) >= 11 is 0. The first-order chi connectivity index (χ1) is 8.63. The predicted molar refractivity (Wildman–Crippen MR) is 75.8 cm³/mol. The Hall–Kier alpha value is -0.120. The van der Waals surface area contributed by atoms with Crippen molar-refractivity contribution in [2.45, 2.75) is 70.9 Å². The molecule has 0 radical (unpaired) electrons. The summed E-state index contributed by atoms with van der Waals surface area (Å²) in [5.41, 5.74) is -0.260. The summed E-state index contributed by atoms with van der Waals surface area (Å²) in [6.07, 6.45) is 7.48. The molecule has 3 heteroatoms. The number of aliphatic hydroxyl groups is 1. The molecule has 2 unspecified atom stereocenters. The minimum absolute atomic E-state index is 0.148. The lowest BCUT2D eigenvalue weighted by atomic mass is 10.00. The third-order valence-electron chi connectivity index (χ3n) is 3.80. The van der Waals surface area contributed by atoms with E-state index in [1.54, 1.807) is 0 Å². The molecule has 0 aliphatic heterocycles. The van der Waals surface area contributed by atoms with E-state index in [9.17, 15) is 5.11 Å². The molecule has 0 heterocycles. The van der Waals surface area contributed by atoms with Crippen molar-refractivity contribution in [3.63, 3.8) is 0 Å². The molecule has 0 aromatic heterocycles. The maximum absolute atomic E-state index is 9.48. The molecule has 0 saturated heterocycles. The topological polar surface area (TPSA) is 41.5 Å². The molecular weight excluding hydrogens is 226 g/mol. The first-order valence-corrected chi connectivity index (χ1v) is 7.59. The summed E-state index contributed by atoms with van der Waals surface area (Å²) in [5, 5.41) is 13.0. The van der Waals surface area contributed by atoms with Gasteiger partial charge in [-0.1, -0.05) is 33.1 Å². The fraction of sp³-hybridized carbons (Fsp3) is 1.00. The van der Waals surface area contributed by atoms with Gasteiger partial charge < -0.3 is 15.2 Å². The molecule has 1 aliphatic carbocycles. The molecular formula is C15H31NO2.